The van der Waals surface area contributed by atoms with Crippen LogP contribution in [-0.4, -0.2) is 23.3 Å². The molecular weight excluding hydrogens is 259 g/mol. The van der Waals surface area contributed by atoms with Crippen molar-refractivity contribution in [2.75, 3.05) is 18.0 Å². The van der Waals surface area contributed by atoms with Gasteiger partial charge in [-0.1, -0.05) is 13.8 Å². The van der Waals surface area contributed by atoms with E-state index in [1.165, 1.54) is 0 Å². The number of hydrogen-bond acceptors (Lipinski definition) is 3. The van der Waals surface area contributed by atoms with E-state index >= 15 is 0 Å². The van der Waals surface area contributed by atoms with Gasteiger partial charge >= 0.3 is 6.18 Å². The lowest BCUT2D eigenvalue weighted by molar-refractivity contribution is -0.138. The summed E-state index contributed by atoms with van der Waals surface area (Å²) in [6.07, 6.45) is -1.70. The number of hydrogen-bond donors (Lipinski definition) is 1. The van der Waals surface area contributed by atoms with E-state index < -0.39 is 17.3 Å². The van der Waals surface area contributed by atoms with Crippen molar-refractivity contribution >= 4 is 5.82 Å². The molecule has 1 aliphatic rings. The van der Waals surface area contributed by atoms with E-state index in [1.54, 1.807) is 4.90 Å². The maximum Gasteiger partial charge on any atom is 0.421 e. The fourth-order valence-corrected chi connectivity index (χ4v) is 1.89. The SMILES string of the molecule is CC.O=c1[nH]nc(N2CCCCC2)cc1C(F)(F)F. The average molecular weight is 277 g/mol. The van der Waals surface area contributed by atoms with Crippen LogP contribution in [0.4, 0.5) is 19.0 Å². The predicted octanol–water partition coefficient (Wildman–Crippen LogP) is 2.81. The molecule has 0 amide bonds. The molecule has 1 fully saturated rings. The van der Waals surface area contributed by atoms with Gasteiger partial charge in [-0.2, -0.15) is 18.3 Å². The van der Waals surface area contributed by atoms with Crippen LogP contribution >= 0.6 is 0 Å². The normalized spacial score (nSPS) is 15.7. The third-order valence-corrected chi connectivity index (χ3v) is 2.78. The van der Waals surface area contributed by atoms with E-state index in [4.69, 9.17) is 0 Å². The number of aromatic amines is 1. The highest BCUT2D eigenvalue weighted by atomic mass is 19.4. The molecule has 0 atom stereocenters. The third kappa shape index (κ3) is 3.97. The number of halogens is 3. The lowest BCUT2D eigenvalue weighted by Crippen LogP contribution is -2.32. The zero-order valence-corrected chi connectivity index (χ0v) is 11.0. The van der Waals surface area contributed by atoms with E-state index in [-0.39, 0.29) is 5.82 Å². The van der Waals surface area contributed by atoms with Crippen LogP contribution in [0.3, 0.4) is 0 Å². The van der Waals surface area contributed by atoms with Crippen LogP contribution in [0.1, 0.15) is 38.7 Å². The number of anilines is 1. The lowest BCUT2D eigenvalue weighted by Gasteiger charge is -2.27. The highest BCUT2D eigenvalue weighted by Gasteiger charge is 2.35. The minimum atomic E-state index is -4.64. The van der Waals surface area contributed by atoms with Gasteiger partial charge in [0.2, 0.25) is 0 Å². The lowest BCUT2D eigenvalue weighted by atomic mass is 10.1. The highest BCUT2D eigenvalue weighted by molar-refractivity contribution is 5.40. The van der Waals surface area contributed by atoms with Crippen LogP contribution < -0.4 is 10.5 Å². The van der Waals surface area contributed by atoms with Crippen molar-refractivity contribution in [3.8, 4) is 0 Å². The van der Waals surface area contributed by atoms with Crippen LogP contribution in [-0.2, 0) is 6.18 Å². The predicted molar refractivity (Wildman–Crippen MR) is 67.3 cm³/mol. The van der Waals surface area contributed by atoms with Crippen LogP contribution in [0.2, 0.25) is 0 Å². The fourth-order valence-electron chi connectivity index (χ4n) is 1.89. The smallest absolute Gasteiger partial charge is 0.355 e. The summed E-state index contributed by atoms with van der Waals surface area (Å²) in [5.41, 5.74) is -2.38. The molecule has 1 aromatic rings. The Bertz CT molecular complexity index is 450. The van der Waals surface area contributed by atoms with Crippen LogP contribution in [0.25, 0.3) is 0 Å². The molecule has 7 heteroatoms. The van der Waals surface area contributed by atoms with Gasteiger partial charge in [0.15, 0.2) is 0 Å². The van der Waals surface area contributed by atoms with Gasteiger partial charge in [0.25, 0.3) is 5.56 Å². The molecule has 2 heterocycles. The van der Waals surface area contributed by atoms with E-state index in [1.807, 2.05) is 18.9 Å². The van der Waals surface area contributed by atoms with Gasteiger partial charge in [-0.3, -0.25) is 4.79 Å². The largest absolute Gasteiger partial charge is 0.421 e. The van der Waals surface area contributed by atoms with E-state index in [0.29, 0.717) is 13.1 Å². The number of nitrogens with one attached hydrogen (secondary N) is 1. The van der Waals surface area contributed by atoms with Crippen LogP contribution in [0, 0.1) is 0 Å². The standard InChI is InChI=1S/C10H12F3N3O.C2H6/c11-10(12,13)7-6-8(14-15-9(7)17)16-4-2-1-3-5-16;1-2/h6H,1-5H2,(H,15,17);1-2H3. The molecule has 0 bridgehead atoms. The zero-order valence-electron chi connectivity index (χ0n) is 11.0. The van der Waals surface area contributed by atoms with Gasteiger partial charge in [0, 0.05) is 19.2 Å². The van der Waals surface area contributed by atoms with Gasteiger partial charge in [0.05, 0.1) is 0 Å². The van der Waals surface area contributed by atoms with Crippen molar-refractivity contribution in [1.82, 2.24) is 10.2 Å². The summed E-state index contributed by atoms with van der Waals surface area (Å²) in [6, 6.07) is 0.824. The average Bonchev–Trinajstić information content (AvgIpc) is 2.41. The Balaban J connectivity index is 0.000000861. The van der Waals surface area contributed by atoms with Gasteiger partial charge < -0.3 is 4.90 Å². The Hall–Kier alpha value is -1.53. The Morgan fingerprint density at radius 1 is 1.21 bits per heavy atom. The van der Waals surface area contributed by atoms with E-state index in [9.17, 15) is 18.0 Å². The minimum Gasteiger partial charge on any atom is -0.355 e. The van der Waals surface area contributed by atoms with Crippen molar-refractivity contribution in [2.45, 2.75) is 39.3 Å². The van der Waals surface area contributed by atoms with Gasteiger partial charge in [-0.05, 0) is 19.3 Å². The second-order valence-corrected chi connectivity index (χ2v) is 4.01. The van der Waals surface area contributed by atoms with E-state index in [2.05, 4.69) is 5.10 Å². The van der Waals surface area contributed by atoms with Gasteiger partial charge in [-0.15, -0.1) is 0 Å². The number of rotatable bonds is 1. The molecule has 4 nitrogen and oxygen atoms in total. The first-order chi connectivity index (χ1) is 8.98. The van der Waals surface area contributed by atoms with Crippen molar-refractivity contribution in [3.63, 3.8) is 0 Å². The molecule has 1 saturated heterocycles. The maximum atomic E-state index is 12.5. The maximum absolute atomic E-state index is 12.5. The first-order valence-corrected chi connectivity index (χ1v) is 6.40. The molecule has 0 spiro atoms. The van der Waals surface area contributed by atoms with Crippen molar-refractivity contribution < 1.29 is 13.2 Å². The molecule has 0 aromatic carbocycles. The van der Waals surface area contributed by atoms with Crippen molar-refractivity contribution in [3.05, 3.63) is 22.0 Å². The molecule has 1 N–H and O–H groups in total. The Labute approximate surface area is 109 Å². The summed E-state index contributed by atoms with van der Waals surface area (Å²) in [5.74, 6) is 0.191. The molecule has 0 aliphatic carbocycles. The molecule has 0 radical (unpaired) electrons. The summed E-state index contributed by atoms with van der Waals surface area (Å²) < 4.78 is 37.6. The number of alkyl halides is 3. The topological polar surface area (TPSA) is 49.0 Å². The molecule has 0 unspecified atom stereocenters. The number of H-pyrrole nitrogens is 1. The van der Waals surface area contributed by atoms with Gasteiger partial charge in [-0.25, -0.2) is 5.10 Å². The molecule has 0 saturated carbocycles. The quantitative estimate of drug-likeness (QED) is 0.858. The van der Waals surface area contributed by atoms with E-state index in [0.717, 1.165) is 25.3 Å². The summed E-state index contributed by atoms with van der Waals surface area (Å²) in [5, 5.41) is 5.57. The van der Waals surface area contributed by atoms with Crippen LogP contribution in [0.5, 0.6) is 0 Å². The molecular formula is C12H18F3N3O. The molecule has 19 heavy (non-hydrogen) atoms. The molecule has 108 valence electrons. The monoisotopic (exact) mass is 277 g/mol. The molecule has 2 rings (SSSR count). The van der Waals surface area contributed by atoms with Gasteiger partial charge in [0.1, 0.15) is 11.4 Å². The van der Waals surface area contributed by atoms with Crippen molar-refractivity contribution in [1.29, 1.82) is 0 Å². The minimum absolute atomic E-state index is 0.191. The number of aromatic nitrogens is 2. The Morgan fingerprint density at radius 2 is 1.79 bits per heavy atom. The fraction of sp³-hybridized carbons (Fsp3) is 0.667. The van der Waals surface area contributed by atoms with Crippen molar-refractivity contribution in [2.24, 2.45) is 0 Å². The second-order valence-electron chi connectivity index (χ2n) is 4.01. The molecule has 1 aromatic heterocycles. The first-order valence-electron chi connectivity index (χ1n) is 6.40. The summed E-state index contributed by atoms with van der Waals surface area (Å²) in [7, 11) is 0. The molecule has 1 aliphatic heterocycles. The summed E-state index contributed by atoms with van der Waals surface area (Å²) in [4.78, 5) is 12.8. The summed E-state index contributed by atoms with van der Waals surface area (Å²) >= 11 is 0. The second kappa shape index (κ2) is 6.58. The Kier molecular flexibility index (Phi) is 5.38. The van der Waals surface area contributed by atoms with Crippen LogP contribution in [0.15, 0.2) is 10.9 Å². The number of nitrogens with zero attached hydrogens (tertiary/aromatic N) is 2. The zero-order chi connectivity index (χ0) is 14.5. The highest BCUT2D eigenvalue weighted by Crippen LogP contribution is 2.28. The Morgan fingerprint density at radius 3 is 2.32 bits per heavy atom. The first kappa shape index (κ1) is 15.5. The number of piperidine rings is 1. The summed E-state index contributed by atoms with van der Waals surface area (Å²) in [6.45, 7) is 5.35. The third-order valence-electron chi connectivity index (χ3n) is 2.78.